The number of carbonyl (C=O) groups excluding carboxylic acids is 1. The van der Waals surface area contributed by atoms with Gasteiger partial charge in [-0.25, -0.2) is 4.98 Å². The number of aromatic nitrogens is 2. The normalized spacial score (nSPS) is 11.7. The molecule has 3 aromatic rings. The Morgan fingerprint density at radius 2 is 2.12 bits per heavy atom. The van der Waals surface area contributed by atoms with Crippen molar-refractivity contribution in [2.45, 2.75) is 26.6 Å². The number of amides is 1. The number of carbonyl (C=O) groups is 1. The average Bonchev–Trinajstić information content (AvgIpc) is 3.02. The van der Waals surface area contributed by atoms with E-state index in [1.54, 1.807) is 13.8 Å². The number of anilines is 1. The van der Waals surface area contributed by atoms with Crippen LogP contribution in [0.2, 0.25) is 0 Å². The molecule has 0 aliphatic heterocycles. The van der Waals surface area contributed by atoms with Crippen LogP contribution in [-0.4, -0.2) is 22.4 Å². The monoisotopic (exact) mass is 371 g/mol. The number of hydrogen-bond acceptors (Lipinski definition) is 6. The number of fused-ring (bicyclic) bond motifs is 1. The molecule has 2 heterocycles. The molecule has 0 unspecified atom stereocenters. The summed E-state index contributed by atoms with van der Waals surface area (Å²) in [5.41, 5.74) is 1.79. The molecule has 0 aliphatic rings. The van der Waals surface area contributed by atoms with Crippen molar-refractivity contribution in [2.24, 2.45) is 0 Å². The van der Waals surface area contributed by atoms with E-state index in [0.29, 0.717) is 27.2 Å². The molecule has 6 nitrogen and oxygen atoms in total. The van der Waals surface area contributed by atoms with Crippen LogP contribution in [-0.2, 0) is 11.2 Å². The van der Waals surface area contributed by atoms with E-state index in [4.69, 9.17) is 4.52 Å². The minimum absolute atomic E-state index is 0.0690. The molecular weight excluding hydrogens is 359 g/mol. The zero-order valence-electron chi connectivity index (χ0n) is 13.1. The summed E-state index contributed by atoms with van der Waals surface area (Å²) in [7, 11) is 0. The molecule has 25 heavy (non-hydrogen) atoms. The number of hydrogen-bond donors (Lipinski definition) is 1. The lowest BCUT2D eigenvalue weighted by Gasteiger charge is -2.07. The fraction of sp³-hybridized carbons (Fsp3) is 0.267. The van der Waals surface area contributed by atoms with Gasteiger partial charge in [-0.3, -0.25) is 4.79 Å². The van der Waals surface area contributed by atoms with Gasteiger partial charge in [-0.2, -0.15) is 0 Å². The molecule has 0 bridgehead atoms. The van der Waals surface area contributed by atoms with Gasteiger partial charge in [0.25, 0.3) is 0 Å². The van der Waals surface area contributed by atoms with E-state index in [1.807, 2.05) is 0 Å². The lowest BCUT2D eigenvalue weighted by atomic mass is 10.1. The van der Waals surface area contributed by atoms with Crippen LogP contribution in [0.25, 0.3) is 10.2 Å². The highest BCUT2D eigenvalue weighted by molar-refractivity contribution is 7.22. The van der Waals surface area contributed by atoms with E-state index in [0.717, 1.165) is 11.3 Å². The average molecular weight is 371 g/mol. The number of nitrogens with zero attached hydrogens (tertiary/aromatic N) is 2. The predicted molar refractivity (Wildman–Crippen MR) is 84.6 cm³/mol. The highest BCUT2D eigenvalue weighted by Gasteiger charge is 2.31. The number of alkyl halides is 3. The lowest BCUT2D eigenvalue weighted by molar-refractivity contribution is -0.274. The van der Waals surface area contributed by atoms with E-state index in [1.165, 1.54) is 18.2 Å². The summed E-state index contributed by atoms with van der Waals surface area (Å²) in [6.45, 7) is 3.45. The number of ether oxygens (including phenoxy) is 1. The zero-order valence-corrected chi connectivity index (χ0v) is 13.9. The van der Waals surface area contributed by atoms with Crippen molar-refractivity contribution in [2.75, 3.05) is 5.32 Å². The van der Waals surface area contributed by atoms with Gasteiger partial charge < -0.3 is 14.6 Å². The summed E-state index contributed by atoms with van der Waals surface area (Å²) in [6.07, 6.45) is -4.69. The van der Waals surface area contributed by atoms with Crippen LogP contribution in [0.3, 0.4) is 0 Å². The Labute approximate surface area is 143 Å². The van der Waals surface area contributed by atoms with E-state index in [2.05, 4.69) is 20.2 Å². The van der Waals surface area contributed by atoms with Crippen LogP contribution in [0.5, 0.6) is 5.75 Å². The van der Waals surface area contributed by atoms with Crippen LogP contribution >= 0.6 is 11.3 Å². The molecule has 3 rings (SSSR count). The quantitative estimate of drug-likeness (QED) is 0.751. The third-order valence-corrected chi connectivity index (χ3v) is 4.29. The maximum atomic E-state index is 12.3. The summed E-state index contributed by atoms with van der Waals surface area (Å²) in [6, 6.07) is 3.80. The number of thiazole rings is 1. The van der Waals surface area contributed by atoms with Gasteiger partial charge in [-0.05, 0) is 26.0 Å². The van der Waals surface area contributed by atoms with Crippen LogP contribution < -0.4 is 10.1 Å². The topological polar surface area (TPSA) is 77.3 Å². The molecule has 0 radical (unpaired) electrons. The molecular formula is C15H12F3N3O3S. The summed E-state index contributed by atoms with van der Waals surface area (Å²) in [5, 5.41) is 6.69. The first kappa shape index (κ1) is 17.2. The molecule has 0 saturated carbocycles. The summed E-state index contributed by atoms with van der Waals surface area (Å²) < 4.78 is 46.1. The highest BCUT2D eigenvalue weighted by Crippen LogP contribution is 2.31. The van der Waals surface area contributed by atoms with Crippen molar-refractivity contribution in [3.63, 3.8) is 0 Å². The van der Waals surface area contributed by atoms with Crippen LogP contribution in [0.1, 0.15) is 17.0 Å². The van der Waals surface area contributed by atoms with Gasteiger partial charge >= 0.3 is 6.36 Å². The van der Waals surface area contributed by atoms with Crippen LogP contribution in [0.15, 0.2) is 22.7 Å². The fourth-order valence-corrected chi connectivity index (χ4v) is 3.14. The Bertz CT molecular complexity index is 914. The van der Waals surface area contributed by atoms with Gasteiger partial charge in [-0.1, -0.05) is 16.5 Å². The summed E-state index contributed by atoms with van der Waals surface area (Å²) in [4.78, 5) is 16.3. The summed E-state index contributed by atoms with van der Waals surface area (Å²) >= 11 is 1.06. The third kappa shape index (κ3) is 4.08. The van der Waals surface area contributed by atoms with Gasteiger partial charge in [0.15, 0.2) is 5.13 Å². The van der Waals surface area contributed by atoms with Gasteiger partial charge in [0.1, 0.15) is 11.5 Å². The molecule has 0 saturated heterocycles. The van der Waals surface area contributed by atoms with E-state index in [-0.39, 0.29) is 23.2 Å². The maximum Gasteiger partial charge on any atom is 0.573 e. The number of halogens is 3. The number of rotatable bonds is 4. The van der Waals surface area contributed by atoms with Gasteiger partial charge in [0.2, 0.25) is 5.91 Å². The van der Waals surface area contributed by atoms with E-state index in [9.17, 15) is 18.0 Å². The van der Waals surface area contributed by atoms with Crippen molar-refractivity contribution >= 4 is 32.6 Å². The highest BCUT2D eigenvalue weighted by atomic mass is 32.1. The first-order chi connectivity index (χ1) is 11.7. The molecule has 132 valence electrons. The second kappa shape index (κ2) is 6.36. The number of aryl methyl sites for hydroxylation is 2. The first-order valence-electron chi connectivity index (χ1n) is 7.09. The molecule has 0 spiro atoms. The Balaban J connectivity index is 1.74. The van der Waals surface area contributed by atoms with Crippen molar-refractivity contribution in [3.05, 3.63) is 35.2 Å². The van der Waals surface area contributed by atoms with Crippen molar-refractivity contribution in [1.29, 1.82) is 0 Å². The smallest absolute Gasteiger partial charge is 0.406 e. The predicted octanol–water partition coefficient (Wildman–Crippen LogP) is 3.98. The third-order valence-electron chi connectivity index (χ3n) is 3.36. The van der Waals surface area contributed by atoms with Crippen LogP contribution in [0.4, 0.5) is 18.3 Å². The SMILES string of the molecule is Cc1noc(C)c1CC(=O)Nc1nc2ccc(OC(F)(F)F)cc2s1. The largest absolute Gasteiger partial charge is 0.573 e. The minimum atomic E-state index is -4.76. The van der Waals surface area contributed by atoms with Crippen molar-refractivity contribution < 1.29 is 27.2 Å². The Morgan fingerprint density at radius 1 is 1.36 bits per heavy atom. The minimum Gasteiger partial charge on any atom is -0.406 e. The maximum absolute atomic E-state index is 12.3. The Kier molecular flexibility index (Phi) is 4.38. The van der Waals surface area contributed by atoms with Crippen molar-refractivity contribution in [3.8, 4) is 5.75 Å². The van der Waals surface area contributed by atoms with Gasteiger partial charge in [-0.15, -0.1) is 13.2 Å². The fourth-order valence-electron chi connectivity index (χ4n) is 2.23. The van der Waals surface area contributed by atoms with E-state index < -0.39 is 6.36 Å². The standard InChI is InChI=1S/C15H12F3N3O3S/c1-7-10(8(2)24-21-7)6-13(22)20-14-19-11-4-3-9(5-12(11)25-14)23-15(16,17)18/h3-5H,6H2,1-2H3,(H,19,20,22). The van der Waals surface area contributed by atoms with Gasteiger partial charge in [0.05, 0.1) is 22.3 Å². The molecule has 1 amide bonds. The van der Waals surface area contributed by atoms with Gasteiger partial charge in [0, 0.05) is 11.6 Å². The number of nitrogens with one attached hydrogen (secondary N) is 1. The second-order valence-electron chi connectivity index (χ2n) is 5.22. The van der Waals surface area contributed by atoms with E-state index >= 15 is 0 Å². The molecule has 1 N–H and O–H groups in total. The molecule has 0 fully saturated rings. The molecule has 1 aromatic carbocycles. The molecule has 0 atom stereocenters. The zero-order chi connectivity index (χ0) is 18.2. The molecule has 2 aromatic heterocycles. The Morgan fingerprint density at radius 3 is 2.76 bits per heavy atom. The van der Waals surface area contributed by atoms with Crippen molar-refractivity contribution in [1.82, 2.24) is 10.1 Å². The first-order valence-corrected chi connectivity index (χ1v) is 7.91. The molecule has 0 aliphatic carbocycles. The number of benzene rings is 1. The Hall–Kier alpha value is -2.62. The summed E-state index contributed by atoms with van der Waals surface area (Å²) in [5.74, 6) is -0.0941. The van der Waals surface area contributed by atoms with Crippen LogP contribution in [0, 0.1) is 13.8 Å². The molecule has 10 heteroatoms. The lowest BCUT2D eigenvalue weighted by Crippen LogP contribution is -2.16. The second-order valence-corrected chi connectivity index (χ2v) is 6.25.